The van der Waals surface area contributed by atoms with Gasteiger partial charge in [0.2, 0.25) is 0 Å². The lowest BCUT2D eigenvalue weighted by Crippen LogP contribution is -1.91. The van der Waals surface area contributed by atoms with Crippen LogP contribution in [0.15, 0.2) is 16.6 Å². The third kappa shape index (κ3) is 1.63. The second-order valence-corrected chi connectivity index (χ2v) is 4.77. The van der Waals surface area contributed by atoms with Crippen LogP contribution in [0.25, 0.3) is 11.3 Å². The first-order chi connectivity index (χ1) is 7.52. The van der Waals surface area contributed by atoms with Crippen molar-refractivity contribution in [3.63, 3.8) is 0 Å². The number of benzene rings is 1. The summed E-state index contributed by atoms with van der Waals surface area (Å²) >= 11 is 3.45. The highest BCUT2D eigenvalue weighted by atomic mass is 79.9. The molecule has 3 nitrogen and oxygen atoms in total. The molecule has 0 fully saturated rings. The molecular weight excluding hydrogens is 266 g/mol. The summed E-state index contributed by atoms with van der Waals surface area (Å²) in [6.07, 6.45) is 0. The van der Waals surface area contributed by atoms with Crippen molar-refractivity contribution in [2.45, 2.75) is 20.8 Å². The van der Waals surface area contributed by atoms with E-state index < -0.39 is 0 Å². The highest BCUT2D eigenvalue weighted by Gasteiger charge is 2.13. The van der Waals surface area contributed by atoms with Crippen LogP contribution in [0.2, 0.25) is 0 Å². The molecule has 0 unspecified atom stereocenters. The molecule has 4 heteroatoms. The van der Waals surface area contributed by atoms with Gasteiger partial charge in [-0.3, -0.25) is 5.10 Å². The van der Waals surface area contributed by atoms with Crippen LogP contribution in [0.5, 0.6) is 0 Å². The lowest BCUT2D eigenvalue weighted by molar-refractivity contribution is 1.10. The molecule has 0 aliphatic carbocycles. The van der Waals surface area contributed by atoms with Gasteiger partial charge in [-0.2, -0.15) is 5.10 Å². The molecule has 0 amide bonds. The Balaban J connectivity index is 2.66. The van der Waals surface area contributed by atoms with E-state index >= 15 is 0 Å². The Morgan fingerprint density at radius 3 is 2.44 bits per heavy atom. The van der Waals surface area contributed by atoms with Crippen LogP contribution in [0.4, 0.5) is 5.82 Å². The SMILES string of the molecule is Cc1ccc(-c2[nH]nc(N)c2Br)c(C)c1C. The Morgan fingerprint density at radius 1 is 1.19 bits per heavy atom. The number of H-pyrrole nitrogens is 1. The summed E-state index contributed by atoms with van der Waals surface area (Å²) in [6, 6.07) is 4.20. The number of aromatic nitrogens is 2. The molecule has 1 aromatic heterocycles. The first-order valence-corrected chi connectivity index (χ1v) is 5.88. The van der Waals surface area contributed by atoms with Gasteiger partial charge in [0.15, 0.2) is 5.82 Å². The van der Waals surface area contributed by atoms with E-state index in [0.29, 0.717) is 5.82 Å². The Hall–Kier alpha value is -1.29. The number of nitrogens with two attached hydrogens (primary N) is 1. The van der Waals surface area contributed by atoms with Crippen LogP contribution in [0, 0.1) is 20.8 Å². The van der Waals surface area contributed by atoms with Crippen molar-refractivity contribution in [2.75, 3.05) is 5.73 Å². The number of aryl methyl sites for hydroxylation is 1. The van der Waals surface area contributed by atoms with E-state index in [0.717, 1.165) is 15.7 Å². The van der Waals surface area contributed by atoms with Crippen LogP contribution in [0.1, 0.15) is 16.7 Å². The molecule has 0 saturated heterocycles. The second-order valence-electron chi connectivity index (χ2n) is 3.98. The van der Waals surface area contributed by atoms with Gasteiger partial charge in [0.25, 0.3) is 0 Å². The number of hydrogen-bond donors (Lipinski definition) is 2. The molecule has 0 spiro atoms. The van der Waals surface area contributed by atoms with E-state index in [1.807, 2.05) is 0 Å². The van der Waals surface area contributed by atoms with Gasteiger partial charge in [-0.25, -0.2) is 0 Å². The minimum atomic E-state index is 0.493. The maximum absolute atomic E-state index is 5.71. The molecule has 1 heterocycles. The summed E-state index contributed by atoms with van der Waals surface area (Å²) in [6.45, 7) is 6.35. The summed E-state index contributed by atoms with van der Waals surface area (Å²) in [5.41, 5.74) is 11.6. The fraction of sp³-hybridized carbons (Fsp3) is 0.250. The minimum absolute atomic E-state index is 0.493. The molecule has 3 N–H and O–H groups in total. The quantitative estimate of drug-likeness (QED) is 0.841. The highest BCUT2D eigenvalue weighted by Crippen LogP contribution is 2.33. The largest absolute Gasteiger partial charge is 0.381 e. The zero-order valence-corrected chi connectivity index (χ0v) is 11.1. The van der Waals surface area contributed by atoms with E-state index in [-0.39, 0.29) is 0 Å². The van der Waals surface area contributed by atoms with Crippen molar-refractivity contribution >= 4 is 21.7 Å². The van der Waals surface area contributed by atoms with Gasteiger partial charge in [0, 0.05) is 5.56 Å². The van der Waals surface area contributed by atoms with Crippen molar-refractivity contribution < 1.29 is 0 Å². The first kappa shape index (κ1) is 11.2. The van der Waals surface area contributed by atoms with E-state index in [4.69, 9.17) is 5.73 Å². The van der Waals surface area contributed by atoms with E-state index in [2.05, 4.69) is 59.0 Å². The number of halogens is 1. The lowest BCUT2D eigenvalue weighted by Gasteiger charge is -2.10. The van der Waals surface area contributed by atoms with Gasteiger partial charge in [0.1, 0.15) is 0 Å². The fourth-order valence-corrected chi connectivity index (χ4v) is 2.14. The molecule has 0 atom stereocenters. The third-order valence-electron chi connectivity index (χ3n) is 3.06. The average Bonchev–Trinajstić information content (AvgIpc) is 2.58. The number of nitrogen functional groups attached to an aromatic ring is 1. The van der Waals surface area contributed by atoms with Crippen LogP contribution in [-0.2, 0) is 0 Å². The Bertz CT molecular complexity index is 543. The van der Waals surface area contributed by atoms with Crippen molar-refractivity contribution in [1.29, 1.82) is 0 Å². The fourth-order valence-electron chi connectivity index (χ4n) is 1.75. The number of rotatable bonds is 1. The molecule has 84 valence electrons. The van der Waals surface area contributed by atoms with Gasteiger partial charge in [-0.1, -0.05) is 12.1 Å². The standard InChI is InChI=1S/C12H14BrN3/c1-6-4-5-9(8(3)7(6)2)11-10(13)12(14)16-15-11/h4-5H,1-3H3,(H3,14,15,16). The third-order valence-corrected chi connectivity index (χ3v) is 3.86. The zero-order valence-electron chi connectivity index (χ0n) is 9.56. The predicted octanol–water partition coefficient (Wildman–Crippen LogP) is 3.35. The number of aromatic amines is 1. The van der Waals surface area contributed by atoms with Crippen LogP contribution < -0.4 is 5.73 Å². The van der Waals surface area contributed by atoms with Crippen molar-refractivity contribution in [3.8, 4) is 11.3 Å². The van der Waals surface area contributed by atoms with Crippen LogP contribution >= 0.6 is 15.9 Å². The van der Waals surface area contributed by atoms with Crippen molar-refractivity contribution in [1.82, 2.24) is 10.2 Å². The van der Waals surface area contributed by atoms with Crippen molar-refractivity contribution in [2.24, 2.45) is 0 Å². The van der Waals surface area contributed by atoms with Gasteiger partial charge in [0.05, 0.1) is 10.2 Å². The molecule has 2 aromatic rings. The smallest absolute Gasteiger partial charge is 0.160 e. The second kappa shape index (κ2) is 3.94. The summed E-state index contributed by atoms with van der Waals surface area (Å²) in [4.78, 5) is 0. The molecule has 1 aromatic carbocycles. The number of anilines is 1. The Labute approximate surface area is 103 Å². The normalized spacial score (nSPS) is 10.8. The van der Waals surface area contributed by atoms with Crippen molar-refractivity contribution in [3.05, 3.63) is 33.3 Å². The van der Waals surface area contributed by atoms with Crippen LogP contribution in [0.3, 0.4) is 0 Å². The number of nitrogens with one attached hydrogen (secondary N) is 1. The number of nitrogens with zero attached hydrogens (tertiary/aromatic N) is 1. The molecule has 2 rings (SSSR count). The summed E-state index contributed by atoms with van der Waals surface area (Å²) in [7, 11) is 0. The molecule has 0 saturated carbocycles. The van der Waals surface area contributed by atoms with Gasteiger partial charge >= 0.3 is 0 Å². The lowest BCUT2D eigenvalue weighted by atomic mass is 9.97. The van der Waals surface area contributed by atoms with Gasteiger partial charge < -0.3 is 5.73 Å². The predicted molar refractivity (Wildman–Crippen MR) is 70.3 cm³/mol. The molecular formula is C12H14BrN3. The maximum Gasteiger partial charge on any atom is 0.160 e. The van der Waals surface area contributed by atoms with E-state index in [1.165, 1.54) is 16.7 Å². The maximum atomic E-state index is 5.71. The molecule has 16 heavy (non-hydrogen) atoms. The Morgan fingerprint density at radius 2 is 1.88 bits per heavy atom. The molecule has 0 aliphatic rings. The summed E-state index contributed by atoms with van der Waals surface area (Å²) < 4.78 is 0.832. The summed E-state index contributed by atoms with van der Waals surface area (Å²) in [5.74, 6) is 0.493. The monoisotopic (exact) mass is 279 g/mol. The molecule has 0 radical (unpaired) electrons. The van der Waals surface area contributed by atoms with Crippen LogP contribution in [-0.4, -0.2) is 10.2 Å². The zero-order chi connectivity index (χ0) is 11.9. The topological polar surface area (TPSA) is 54.7 Å². The highest BCUT2D eigenvalue weighted by molar-refractivity contribution is 9.10. The molecule has 0 aliphatic heterocycles. The number of hydrogen-bond acceptors (Lipinski definition) is 2. The van der Waals surface area contributed by atoms with Gasteiger partial charge in [-0.15, -0.1) is 0 Å². The van der Waals surface area contributed by atoms with E-state index in [9.17, 15) is 0 Å². The summed E-state index contributed by atoms with van der Waals surface area (Å²) in [5, 5.41) is 6.95. The first-order valence-electron chi connectivity index (χ1n) is 5.09. The molecule has 0 bridgehead atoms. The Kier molecular flexibility index (Phi) is 2.76. The van der Waals surface area contributed by atoms with E-state index in [1.54, 1.807) is 0 Å². The average molecular weight is 280 g/mol. The minimum Gasteiger partial charge on any atom is -0.381 e. The van der Waals surface area contributed by atoms with Gasteiger partial charge in [-0.05, 0) is 53.4 Å².